The Morgan fingerprint density at radius 2 is 2.45 bits per heavy atom. The van der Waals surface area contributed by atoms with Crippen LogP contribution in [-0.4, -0.2) is 19.0 Å². The van der Waals surface area contributed by atoms with Gasteiger partial charge in [0.25, 0.3) is 0 Å². The predicted molar refractivity (Wildman–Crippen MR) is 43.4 cm³/mol. The van der Waals surface area contributed by atoms with Crippen LogP contribution in [0.5, 0.6) is 0 Å². The third-order valence-electron chi connectivity index (χ3n) is 2.21. The van der Waals surface area contributed by atoms with Crippen LogP contribution < -0.4 is 0 Å². The van der Waals surface area contributed by atoms with Crippen molar-refractivity contribution in [3.63, 3.8) is 0 Å². The van der Waals surface area contributed by atoms with E-state index in [2.05, 4.69) is 6.92 Å². The topological polar surface area (TPSA) is 26.3 Å². The number of carbonyl (C=O) groups excluding carboxylic acids is 1. The van der Waals surface area contributed by atoms with E-state index in [9.17, 15) is 4.79 Å². The number of hydrogen-bond acceptors (Lipinski definition) is 2. The Morgan fingerprint density at radius 3 is 3.09 bits per heavy atom. The summed E-state index contributed by atoms with van der Waals surface area (Å²) < 4.78 is 5.49. The summed E-state index contributed by atoms with van der Waals surface area (Å²) in [6.07, 6.45) is 5.54. The molecule has 1 aliphatic rings. The van der Waals surface area contributed by atoms with Crippen molar-refractivity contribution >= 4 is 6.29 Å². The molecular weight excluding hydrogens is 140 g/mol. The summed E-state index contributed by atoms with van der Waals surface area (Å²) in [5.41, 5.74) is 0. The van der Waals surface area contributed by atoms with Gasteiger partial charge in [0, 0.05) is 12.5 Å². The standard InChI is InChI=1S/C9H16O2/c1-2-3-9-6-8(7-10)4-5-11-9/h7-9H,2-6H2,1H3. The smallest absolute Gasteiger partial charge is 0.123 e. The van der Waals surface area contributed by atoms with Crippen LogP contribution in [0.3, 0.4) is 0 Å². The van der Waals surface area contributed by atoms with E-state index in [1.807, 2.05) is 0 Å². The Bertz CT molecular complexity index is 121. The average molecular weight is 156 g/mol. The van der Waals surface area contributed by atoms with E-state index in [0.717, 1.165) is 38.6 Å². The van der Waals surface area contributed by atoms with Gasteiger partial charge in [-0.3, -0.25) is 0 Å². The zero-order valence-electron chi connectivity index (χ0n) is 7.08. The van der Waals surface area contributed by atoms with Gasteiger partial charge in [-0.2, -0.15) is 0 Å². The highest BCUT2D eigenvalue weighted by atomic mass is 16.5. The van der Waals surface area contributed by atoms with Gasteiger partial charge in [-0.1, -0.05) is 13.3 Å². The zero-order valence-corrected chi connectivity index (χ0v) is 7.08. The first kappa shape index (κ1) is 8.72. The maximum Gasteiger partial charge on any atom is 0.123 e. The first-order valence-corrected chi connectivity index (χ1v) is 4.43. The molecule has 0 saturated carbocycles. The summed E-state index contributed by atoms with van der Waals surface area (Å²) in [6.45, 7) is 2.92. The lowest BCUT2D eigenvalue weighted by molar-refractivity contribution is -0.116. The summed E-state index contributed by atoms with van der Waals surface area (Å²) in [5, 5.41) is 0. The average Bonchev–Trinajstić information content (AvgIpc) is 2.06. The predicted octanol–water partition coefficient (Wildman–Crippen LogP) is 1.78. The molecule has 0 aliphatic carbocycles. The zero-order chi connectivity index (χ0) is 8.10. The molecular formula is C9H16O2. The second-order valence-corrected chi connectivity index (χ2v) is 3.20. The first-order valence-electron chi connectivity index (χ1n) is 4.43. The molecule has 1 aliphatic heterocycles. The van der Waals surface area contributed by atoms with Crippen LogP contribution in [0.25, 0.3) is 0 Å². The molecule has 11 heavy (non-hydrogen) atoms. The molecule has 2 unspecified atom stereocenters. The maximum atomic E-state index is 10.5. The largest absolute Gasteiger partial charge is 0.378 e. The first-order chi connectivity index (χ1) is 5.36. The van der Waals surface area contributed by atoms with Crippen molar-refractivity contribution in [3.05, 3.63) is 0 Å². The molecule has 1 saturated heterocycles. The van der Waals surface area contributed by atoms with Gasteiger partial charge in [-0.15, -0.1) is 0 Å². The van der Waals surface area contributed by atoms with Crippen LogP contribution in [0.1, 0.15) is 32.6 Å². The van der Waals surface area contributed by atoms with E-state index in [0.29, 0.717) is 6.10 Å². The third kappa shape index (κ3) is 2.62. The monoisotopic (exact) mass is 156 g/mol. The van der Waals surface area contributed by atoms with Crippen LogP contribution in [0.4, 0.5) is 0 Å². The summed E-state index contributed by atoms with van der Waals surface area (Å²) in [4.78, 5) is 10.5. The Balaban J connectivity index is 2.27. The molecule has 0 spiro atoms. The second-order valence-electron chi connectivity index (χ2n) is 3.20. The van der Waals surface area contributed by atoms with Gasteiger partial charge in [0.05, 0.1) is 6.10 Å². The van der Waals surface area contributed by atoms with Gasteiger partial charge in [0.2, 0.25) is 0 Å². The number of aldehydes is 1. The molecule has 0 bridgehead atoms. The fourth-order valence-electron chi connectivity index (χ4n) is 1.56. The van der Waals surface area contributed by atoms with Gasteiger partial charge in [-0.05, 0) is 19.3 Å². The van der Waals surface area contributed by atoms with Gasteiger partial charge < -0.3 is 9.53 Å². The van der Waals surface area contributed by atoms with Crippen molar-refractivity contribution in [2.24, 2.45) is 5.92 Å². The molecule has 0 N–H and O–H groups in total. The molecule has 2 atom stereocenters. The van der Waals surface area contributed by atoms with Crippen molar-refractivity contribution in [2.45, 2.75) is 38.7 Å². The maximum absolute atomic E-state index is 10.5. The molecule has 1 rings (SSSR count). The minimum atomic E-state index is 0.264. The van der Waals surface area contributed by atoms with Gasteiger partial charge in [0.1, 0.15) is 6.29 Å². The summed E-state index contributed by atoms with van der Waals surface area (Å²) >= 11 is 0. The Labute approximate surface area is 67.9 Å². The molecule has 2 nitrogen and oxygen atoms in total. The SMILES string of the molecule is CCCC1CC(C=O)CCO1. The molecule has 0 amide bonds. The summed E-state index contributed by atoms with van der Waals surface area (Å²) in [6, 6.07) is 0. The van der Waals surface area contributed by atoms with Crippen LogP contribution in [0.2, 0.25) is 0 Å². The molecule has 0 aromatic heterocycles. The summed E-state index contributed by atoms with van der Waals surface area (Å²) in [7, 11) is 0. The Morgan fingerprint density at radius 1 is 1.64 bits per heavy atom. The number of ether oxygens (including phenoxy) is 1. The lowest BCUT2D eigenvalue weighted by Gasteiger charge is -2.25. The molecule has 0 aromatic carbocycles. The fourth-order valence-corrected chi connectivity index (χ4v) is 1.56. The lowest BCUT2D eigenvalue weighted by Crippen LogP contribution is -2.26. The third-order valence-corrected chi connectivity index (χ3v) is 2.21. The van der Waals surface area contributed by atoms with Crippen LogP contribution >= 0.6 is 0 Å². The quantitative estimate of drug-likeness (QED) is 0.582. The number of rotatable bonds is 3. The van der Waals surface area contributed by atoms with Crippen molar-refractivity contribution in [2.75, 3.05) is 6.61 Å². The molecule has 1 fully saturated rings. The minimum Gasteiger partial charge on any atom is -0.378 e. The lowest BCUT2D eigenvalue weighted by atomic mass is 9.95. The number of carbonyl (C=O) groups is 1. The summed E-state index contributed by atoms with van der Waals surface area (Å²) in [5.74, 6) is 0.264. The minimum absolute atomic E-state index is 0.264. The highest BCUT2D eigenvalue weighted by Crippen LogP contribution is 2.21. The van der Waals surface area contributed by atoms with Crippen molar-refractivity contribution in [3.8, 4) is 0 Å². The van der Waals surface area contributed by atoms with Crippen molar-refractivity contribution < 1.29 is 9.53 Å². The Kier molecular flexibility index (Phi) is 3.57. The molecule has 0 radical (unpaired) electrons. The van der Waals surface area contributed by atoms with Crippen LogP contribution in [-0.2, 0) is 9.53 Å². The van der Waals surface area contributed by atoms with Crippen molar-refractivity contribution in [1.29, 1.82) is 0 Å². The van der Waals surface area contributed by atoms with E-state index in [1.54, 1.807) is 0 Å². The molecule has 0 aromatic rings. The van der Waals surface area contributed by atoms with E-state index >= 15 is 0 Å². The second kappa shape index (κ2) is 4.50. The van der Waals surface area contributed by atoms with Crippen LogP contribution in [0.15, 0.2) is 0 Å². The normalized spacial score (nSPS) is 31.7. The highest BCUT2D eigenvalue weighted by Gasteiger charge is 2.20. The fraction of sp³-hybridized carbons (Fsp3) is 0.889. The van der Waals surface area contributed by atoms with Gasteiger partial charge in [-0.25, -0.2) is 0 Å². The van der Waals surface area contributed by atoms with Crippen molar-refractivity contribution in [1.82, 2.24) is 0 Å². The Hall–Kier alpha value is -0.370. The van der Waals surface area contributed by atoms with Gasteiger partial charge in [0.15, 0.2) is 0 Å². The molecule has 2 heteroatoms. The highest BCUT2D eigenvalue weighted by molar-refractivity contribution is 5.53. The molecule has 1 heterocycles. The molecule has 64 valence electrons. The van der Waals surface area contributed by atoms with E-state index < -0.39 is 0 Å². The van der Waals surface area contributed by atoms with E-state index in [4.69, 9.17) is 4.74 Å². The van der Waals surface area contributed by atoms with Gasteiger partial charge >= 0.3 is 0 Å². The van der Waals surface area contributed by atoms with E-state index in [-0.39, 0.29) is 5.92 Å². The van der Waals surface area contributed by atoms with E-state index in [1.165, 1.54) is 0 Å². The number of hydrogen-bond donors (Lipinski definition) is 0. The van der Waals surface area contributed by atoms with Crippen LogP contribution in [0, 0.1) is 5.92 Å².